The summed E-state index contributed by atoms with van der Waals surface area (Å²) in [7, 11) is 0. The highest BCUT2D eigenvalue weighted by Gasteiger charge is 2.13. The molecule has 4 N–H and O–H groups in total. The second-order valence-electron chi connectivity index (χ2n) is 4.11. The summed E-state index contributed by atoms with van der Waals surface area (Å²) in [5.74, 6) is 6.12. The van der Waals surface area contributed by atoms with Crippen molar-refractivity contribution in [3.8, 4) is 5.75 Å². The van der Waals surface area contributed by atoms with E-state index in [2.05, 4.69) is 31.7 Å². The van der Waals surface area contributed by atoms with Crippen molar-refractivity contribution in [2.75, 3.05) is 17.3 Å². The molecule has 0 saturated heterocycles. The van der Waals surface area contributed by atoms with Gasteiger partial charge in [0.1, 0.15) is 5.75 Å². The lowest BCUT2D eigenvalue weighted by Gasteiger charge is -2.10. The van der Waals surface area contributed by atoms with E-state index in [4.69, 9.17) is 10.6 Å². The molecule has 2 rings (SSSR count). The highest BCUT2D eigenvalue weighted by Crippen LogP contribution is 2.20. The molecule has 0 unspecified atom stereocenters. The number of carbonyl (C=O) groups is 1. The van der Waals surface area contributed by atoms with Gasteiger partial charge in [-0.3, -0.25) is 4.79 Å². The zero-order valence-corrected chi connectivity index (χ0v) is 13.0. The molecule has 0 aliphatic rings. The van der Waals surface area contributed by atoms with E-state index < -0.39 is 0 Å². The largest absolute Gasteiger partial charge is 0.494 e. The number of nitrogens with two attached hydrogens (primary N) is 1. The van der Waals surface area contributed by atoms with Crippen molar-refractivity contribution < 1.29 is 9.53 Å². The van der Waals surface area contributed by atoms with Gasteiger partial charge in [0.05, 0.1) is 12.2 Å². The number of rotatable bonds is 5. The lowest BCUT2D eigenvalue weighted by molar-refractivity contribution is 0.102. The predicted octanol–water partition coefficient (Wildman–Crippen LogP) is 2.78. The molecular formula is C14H15BrN4O2. The number of nitrogens with zero attached hydrogens (tertiary/aromatic N) is 1. The van der Waals surface area contributed by atoms with Crippen LogP contribution >= 0.6 is 15.9 Å². The fraction of sp³-hybridized carbons (Fsp3) is 0.143. The van der Waals surface area contributed by atoms with Gasteiger partial charge in [0.2, 0.25) is 0 Å². The van der Waals surface area contributed by atoms with Crippen molar-refractivity contribution in [1.82, 2.24) is 4.98 Å². The van der Waals surface area contributed by atoms with Crippen molar-refractivity contribution in [2.24, 2.45) is 5.84 Å². The Morgan fingerprint density at radius 2 is 2.10 bits per heavy atom. The van der Waals surface area contributed by atoms with Gasteiger partial charge >= 0.3 is 0 Å². The topological polar surface area (TPSA) is 89.3 Å². The maximum Gasteiger partial charge on any atom is 0.259 e. The standard InChI is InChI=1S/C14H15BrN4O2/c1-2-21-11-5-3-10(4-6-11)18-14(20)12-7-9(15)8-17-13(12)19-16/h3-8H,2,16H2,1H3,(H,17,19)(H,18,20). The van der Waals surface area contributed by atoms with E-state index in [1.54, 1.807) is 36.5 Å². The van der Waals surface area contributed by atoms with Crippen LogP contribution < -0.4 is 21.3 Å². The number of carbonyl (C=O) groups excluding carboxylic acids is 1. The van der Waals surface area contributed by atoms with Crippen molar-refractivity contribution in [2.45, 2.75) is 6.92 Å². The summed E-state index contributed by atoms with van der Waals surface area (Å²) in [5.41, 5.74) is 3.41. The first-order chi connectivity index (χ1) is 10.1. The molecule has 0 atom stereocenters. The van der Waals surface area contributed by atoms with Crippen molar-refractivity contribution in [3.05, 3.63) is 46.6 Å². The zero-order chi connectivity index (χ0) is 15.2. The SMILES string of the molecule is CCOc1ccc(NC(=O)c2cc(Br)cnc2NN)cc1. The van der Waals surface area contributed by atoms with E-state index in [9.17, 15) is 4.79 Å². The van der Waals surface area contributed by atoms with Gasteiger partial charge in [0.25, 0.3) is 5.91 Å². The van der Waals surface area contributed by atoms with Gasteiger partial charge in [-0.1, -0.05) is 0 Å². The highest BCUT2D eigenvalue weighted by atomic mass is 79.9. The minimum atomic E-state index is -0.305. The molecular weight excluding hydrogens is 336 g/mol. The Bertz CT molecular complexity index is 631. The molecule has 6 nitrogen and oxygen atoms in total. The Morgan fingerprint density at radius 1 is 1.38 bits per heavy atom. The molecule has 0 aliphatic carbocycles. The van der Waals surface area contributed by atoms with Gasteiger partial charge in [-0.2, -0.15) is 0 Å². The molecule has 1 aromatic heterocycles. The number of nitrogens with one attached hydrogen (secondary N) is 2. The summed E-state index contributed by atoms with van der Waals surface area (Å²) in [5, 5.41) is 2.78. The number of anilines is 2. The summed E-state index contributed by atoms with van der Waals surface area (Å²) >= 11 is 3.28. The first-order valence-corrected chi connectivity index (χ1v) is 7.09. The third kappa shape index (κ3) is 3.93. The molecule has 110 valence electrons. The number of benzene rings is 1. The fourth-order valence-corrected chi connectivity index (χ4v) is 2.06. The zero-order valence-electron chi connectivity index (χ0n) is 11.4. The summed E-state index contributed by atoms with van der Waals surface area (Å²) < 4.78 is 6.04. The van der Waals surface area contributed by atoms with Crippen LogP contribution in [0, 0.1) is 0 Å². The number of hydrogen-bond acceptors (Lipinski definition) is 5. The van der Waals surface area contributed by atoms with E-state index >= 15 is 0 Å². The van der Waals surface area contributed by atoms with Crippen molar-refractivity contribution in [1.29, 1.82) is 0 Å². The van der Waals surface area contributed by atoms with Crippen molar-refractivity contribution >= 4 is 33.3 Å². The van der Waals surface area contributed by atoms with Crippen LogP contribution in [0.2, 0.25) is 0 Å². The Labute approximate surface area is 130 Å². The Balaban J connectivity index is 2.15. The molecule has 0 bridgehead atoms. The van der Waals surface area contributed by atoms with Crippen LogP contribution in [-0.4, -0.2) is 17.5 Å². The van der Waals surface area contributed by atoms with Crippen LogP contribution in [-0.2, 0) is 0 Å². The van der Waals surface area contributed by atoms with Crippen LogP contribution in [0.25, 0.3) is 0 Å². The fourth-order valence-electron chi connectivity index (χ4n) is 1.73. The first kappa shape index (κ1) is 15.3. The average molecular weight is 351 g/mol. The monoisotopic (exact) mass is 350 g/mol. The van der Waals surface area contributed by atoms with Gasteiger partial charge < -0.3 is 15.5 Å². The van der Waals surface area contributed by atoms with Crippen LogP contribution in [0.3, 0.4) is 0 Å². The van der Waals surface area contributed by atoms with E-state index in [0.717, 1.165) is 5.75 Å². The summed E-state index contributed by atoms with van der Waals surface area (Å²) in [6.45, 7) is 2.51. The first-order valence-electron chi connectivity index (χ1n) is 6.30. The normalized spacial score (nSPS) is 10.0. The third-order valence-corrected chi connectivity index (χ3v) is 3.09. The molecule has 0 radical (unpaired) electrons. The average Bonchev–Trinajstić information content (AvgIpc) is 2.49. The molecule has 21 heavy (non-hydrogen) atoms. The number of aromatic nitrogens is 1. The minimum Gasteiger partial charge on any atom is -0.494 e. The molecule has 2 aromatic rings. The van der Waals surface area contributed by atoms with E-state index in [1.807, 2.05) is 6.92 Å². The number of nitrogen functional groups attached to an aromatic ring is 1. The second kappa shape index (κ2) is 7.05. The van der Waals surface area contributed by atoms with Crippen LogP contribution in [0.15, 0.2) is 41.0 Å². The van der Waals surface area contributed by atoms with Gasteiger partial charge in [-0.05, 0) is 53.2 Å². The molecule has 1 heterocycles. The molecule has 0 spiro atoms. The third-order valence-electron chi connectivity index (χ3n) is 2.66. The summed E-state index contributed by atoms with van der Waals surface area (Å²) in [6, 6.07) is 8.76. The highest BCUT2D eigenvalue weighted by molar-refractivity contribution is 9.10. The number of amides is 1. The summed E-state index contributed by atoms with van der Waals surface area (Å²) in [4.78, 5) is 16.3. The Morgan fingerprint density at radius 3 is 2.71 bits per heavy atom. The van der Waals surface area contributed by atoms with Crippen LogP contribution in [0.1, 0.15) is 17.3 Å². The lowest BCUT2D eigenvalue weighted by atomic mass is 10.2. The van der Waals surface area contributed by atoms with Crippen LogP contribution in [0.5, 0.6) is 5.75 Å². The van der Waals surface area contributed by atoms with E-state index in [0.29, 0.717) is 28.1 Å². The molecule has 1 aromatic carbocycles. The number of halogens is 1. The molecule has 1 amide bonds. The van der Waals surface area contributed by atoms with Crippen molar-refractivity contribution in [3.63, 3.8) is 0 Å². The molecule has 0 saturated carbocycles. The van der Waals surface area contributed by atoms with E-state index in [1.165, 1.54) is 0 Å². The molecule has 0 aliphatic heterocycles. The van der Waals surface area contributed by atoms with Gasteiger partial charge in [-0.25, -0.2) is 10.8 Å². The van der Waals surface area contributed by atoms with Gasteiger partial charge in [-0.15, -0.1) is 0 Å². The predicted molar refractivity (Wildman–Crippen MR) is 85.3 cm³/mol. The number of pyridine rings is 1. The van der Waals surface area contributed by atoms with E-state index in [-0.39, 0.29) is 5.91 Å². The number of ether oxygens (including phenoxy) is 1. The quantitative estimate of drug-likeness (QED) is 0.569. The van der Waals surface area contributed by atoms with Crippen LogP contribution in [0.4, 0.5) is 11.5 Å². The Hall–Kier alpha value is -2.12. The Kier molecular flexibility index (Phi) is 5.13. The number of hydrogen-bond donors (Lipinski definition) is 3. The maximum absolute atomic E-state index is 12.3. The summed E-state index contributed by atoms with van der Waals surface area (Å²) in [6.07, 6.45) is 1.56. The maximum atomic E-state index is 12.3. The molecule has 0 fully saturated rings. The van der Waals surface area contributed by atoms with Gasteiger partial charge in [0.15, 0.2) is 5.82 Å². The minimum absolute atomic E-state index is 0.305. The van der Waals surface area contributed by atoms with Gasteiger partial charge in [0, 0.05) is 16.4 Å². The lowest BCUT2D eigenvalue weighted by Crippen LogP contribution is -2.18. The number of hydrazine groups is 1. The molecule has 7 heteroatoms. The smallest absolute Gasteiger partial charge is 0.259 e. The second-order valence-corrected chi connectivity index (χ2v) is 5.02.